The lowest BCUT2D eigenvalue weighted by molar-refractivity contribution is -0.123. The second-order valence-corrected chi connectivity index (χ2v) is 4.94. The molecule has 0 radical (unpaired) electrons. The molecule has 0 fully saturated rings. The highest BCUT2D eigenvalue weighted by molar-refractivity contribution is 6.06. The average molecular weight is 313 g/mol. The Balaban J connectivity index is 2.06. The number of benzene rings is 2. The molecule has 2 aromatic rings. The Kier molecular flexibility index (Phi) is 3.89. The molecule has 118 valence electrons. The molecule has 1 atom stereocenters. The molecule has 1 amide bonds. The van der Waals surface area contributed by atoms with Gasteiger partial charge in [0, 0.05) is 11.6 Å². The van der Waals surface area contributed by atoms with Crippen molar-refractivity contribution in [3.8, 4) is 11.5 Å². The number of esters is 1. The van der Waals surface area contributed by atoms with Crippen molar-refractivity contribution in [2.24, 2.45) is 0 Å². The van der Waals surface area contributed by atoms with Crippen LogP contribution in [0, 0.1) is 0 Å². The SMILES string of the molecule is COC(=O)c1cc(OC)cc2c1NC(=O)C(c1ccccc1)O2. The highest BCUT2D eigenvalue weighted by Gasteiger charge is 2.32. The molecule has 1 unspecified atom stereocenters. The zero-order valence-electron chi connectivity index (χ0n) is 12.7. The molecule has 1 aliphatic heterocycles. The number of fused-ring (bicyclic) bond motifs is 1. The predicted molar refractivity (Wildman–Crippen MR) is 82.8 cm³/mol. The standard InChI is InChI=1S/C17H15NO5/c1-21-11-8-12(17(20)22-2)14-13(9-11)23-15(16(19)18-14)10-6-4-3-5-7-10/h3-9,15H,1-2H3,(H,18,19). The van der Waals surface area contributed by atoms with E-state index in [2.05, 4.69) is 5.32 Å². The summed E-state index contributed by atoms with van der Waals surface area (Å²) >= 11 is 0. The van der Waals surface area contributed by atoms with Crippen LogP contribution >= 0.6 is 0 Å². The van der Waals surface area contributed by atoms with Gasteiger partial charge < -0.3 is 19.5 Å². The topological polar surface area (TPSA) is 73.9 Å². The van der Waals surface area contributed by atoms with Gasteiger partial charge in [0.2, 0.25) is 6.10 Å². The molecule has 0 saturated heterocycles. The second-order valence-electron chi connectivity index (χ2n) is 4.94. The van der Waals surface area contributed by atoms with Gasteiger partial charge in [-0.2, -0.15) is 0 Å². The van der Waals surface area contributed by atoms with Gasteiger partial charge in [0.15, 0.2) is 0 Å². The fourth-order valence-electron chi connectivity index (χ4n) is 2.42. The summed E-state index contributed by atoms with van der Waals surface area (Å²) in [5, 5.41) is 2.72. The number of carbonyl (C=O) groups is 2. The summed E-state index contributed by atoms with van der Waals surface area (Å²) in [6, 6.07) is 12.2. The van der Waals surface area contributed by atoms with Crippen LogP contribution < -0.4 is 14.8 Å². The molecule has 1 aliphatic rings. The number of carbonyl (C=O) groups excluding carboxylic acids is 2. The Hall–Kier alpha value is -3.02. The van der Waals surface area contributed by atoms with E-state index >= 15 is 0 Å². The van der Waals surface area contributed by atoms with Gasteiger partial charge in [0.1, 0.15) is 11.5 Å². The normalized spacial score (nSPS) is 15.9. The van der Waals surface area contributed by atoms with E-state index in [1.54, 1.807) is 18.2 Å². The molecule has 23 heavy (non-hydrogen) atoms. The first kappa shape index (κ1) is 14.9. The van der Waals surface area contributed by atoms with Crippen molar-refractivity contribution < 1.29 is 23.8 Å². The molecule has 0 aliphatic carbocycles. The van der Waals surface area contributed by atoms with Gasteiger partial charge in [0.05, 0.1) is 25.5 Å². The average Bonchev–Trinajstić information content (AvgIpc) is 2.60. The number of anilines is 1. The third-order valence-corrected chi connectivity index (χ3v) is 3.55. The van der Waals surface area contributed by atoms with Crippen molar-refractivity contribution in [2.45, 2.75) is 6.10 Å². The predicted octanol–water partition coefficient (Wildman–Crippen LogP) is 2.55. The Morgan fingerprint density at radius 1 is 1.17 bits per heavy atom. The van der Waals surface area contributed by atoms with Gasteiger partial charge in [-0.25, -0.2) is 4.79 Å². The number of ether oxygens (including phenoxy) is 3. The number of hydrogen-bond donors (Lipinski definition) is 1. The number of amides is 1. The maximum Gasteiger partial charge on any atom is 0.340 e. The van der Waals surface area contributed by atoms with E-state index in [0.717, 1.165) is 5.56 Å². The smallest absolute Gasteiger partial charge is 0.340 e. The molecule has 0 saturated carbocycles. The van der Waals surface area contributed by atoms with Crippen LogP contribution in [-0.2, 0) is 9.53 Å². The maximum atomic E-state index is 12.4. The van der Waals surface area contributed by atoms with Gasteiger partial charge in [-0.1, -0.05) is 30.3 Å². The van der Waals surface area contributed by atoms with Crippen molar-refractivity contribution in [3.05, 3.63) is 53.6 Å². The molecule has 0 bridgehead atoms. The molecular formula is C17H15NO5. The van der Waals surface area contributed by atoms with Crippen molar-refractivity contribution >= 4 is 17.6 Å². The Morgan fingerprint density at radius 3 is 2.57 bits per heavy atom. The highest BCUT2D eigenvalue weighted by atomic mass is 16.5. The summed E-state index contributed by atoms with van der Waals surface area (Å²) in [5.74, 6) is -0.133. The zero-order valence-corrected chi connectivity index (χ0v) is 12.7. The van der Waals surface area contributed by atoms with Crippen LogP contribution in [0.1, 0.15) is 22.0 Å². The molecular weight excluding hydrogens is 298 g/mol. The van der Waals surface area contributed by atoms with E-state index in [-0.39, 0.29) is 17.2 Å². The van der Waals surface area contributed by atoms with E-state index < -0.39 is 12.1 Å². The van der Waals surface area contributed by atoms with Gasteiger partial charge in [-0.05, 0) is 6.07 Å². The highest BCUT2D eigenvalue weighted by Crippen LogP contribution is 2.40. The lowest BCUT2D eigenvalue weighted by Crippen LogP contribution is -2.31. The van der Waals surface area contributed by atoms with Crippen molar-refractivity contribution in [1.29, 1.82) is 0 Å². The minimum absolute atomic E-state index is 0.182. The number of hydrogen-bond acceptors (Lipinski definition) is 5. The summed E-state index contributed by atoms with van der Waals surface area (Å²) in [5.41, 5.74) is 1.19. The van der Waals surface area contributed by atoms with Crippen molar-refractivity contribution in [3.63, 3.8) is 0 Å². The Labute approximate surface area is 133 Å². The summed E-state index contributed by atoms with van der Waals surface area (Å²) in [7, 11) is 2.76. The molecule has 6 nitrogen and oxygen atoms in total. The van der Waals surface area contributed by atoms with Crippen LogP contribution in [0.25, 0.3) is 0 Å². The van der Waals surface area contributed by atoms with Crippen LogP contribution in [0.15, 0.2) is 42.5 Å². The quantitative estimate of drug-likeness (QED) is 0.882. The molecule has 2 aromatic carbocycles. The first-order chi connectivity index (χ1) is 11.1. The Bertz CT molecular complexity index is 757. The molecule has 3 rings (SSSR count). The monoisotopic (exact) mass is 313 g/mol. The molecule has 1 N–H and O–H groups in total. The van der Waals surface area contributed by atoms with E-state index in [9.17, 15) is 9.59 Å². The van der Waals surface area contributed by atoms with Gasteiger partial charge in [-0.15, -0.1) is 0 Å². The largest absolute Gasteiger partial charge is 0.497 e. The lowest BCUT2D eigenvalue weighted by atomic mass is 10.0. The fourth-order valence-corrected chi connectivity index (χ4v) is 2.42. The number of rotatable bonds is 3. The van der Waals surface area contributed by atoms with E-state index in [1.165, 1.54) is 20.3 Å². The summed E-state index contributed by atoms with van der Waals surface area (Å²) in [4.78, 5) is 24.3. The molecule has 0 aromatic heterocycles. The number of methoxy groups -OCH3 is 2. The van der Waals surface area contributed by atoms with Crippen LogP contribution in [-0.4, -0.2) is 26.1 Å². The minimum Gasteiger partial charge on any atom is -0.497 e. The second kappa shape index (κ2) is 6.00. The van der Waals surface area contributed by atoms with Crippen LogP contribution in [0.3, 0.4) is 0 Å². The third kappa shape index (κ3) is 2.70. The Morgan fingerprint density at radius 2 is 1.91 bits per heavy atom. The van der Waals surface area contributed by atoms with E-state index in [4.69, 9.17) is 14.2 Å². The molecule has 1 heterocycles. The van der Waals surface area contributed by atoms with Crippen LogP contribution in [0.2, 0.25) is 0 Å². The van der Waals surface area contributed by atoms with Crippen molar-refractivity contribution in [2.75, 3.05) is 19.5 Å². The van der Waals surface area contributed by atoms with Crippen molar-refractivity contribution in [1.82, 2.24) is 0 Å². The summed E-state index contributed by atoms with van der Waals surface area (Å²) in [6.45, 7) is 0. The summed E-state index contributed by atoms with van der Waals surface area (Å²) in [6.07, 6.45) is -0.790. The van der Waals surface area contributed by atoms with Crippen LogP contribution in [0.4, 0.5) is 5.69 Å². The lowest BCUT2D eigenvalue weighted by Gasteiger charge is -2.27. The third-order valence-electron chi connectivity index (χ3n) is 3.55. The van der Waals surface area contributed by atoms with Gasteiger partial charge >= 0.3 is 5.97 Å². The van der Waals surface area contributed by atoms with Crippen LogP contribution in [0.5, 0.6) is 11.5 Å². The minimum atomic E-state index is -0.790. The zero-order chi connectivity index (χ0) is 16.4. The van der Waals surface area contributed by atoms with Gasteiger partial charge in [0.25, 0.3) is 5.91 Å². The first-order valence-electron chi connectivity index (χ1n) is 6.97. The molecule has 0 spiro atoms. The number of nitrogens with one attached hydrogen (secondary N) is 1. The molecule has 6 heteroatoms. The van der Waals surface area contributed by atoms with E-state index in [1.807, 2.05) is 18.2 Å². The maximum absolute atomic E-state index is 12.4. The summed E-state index contributed by atoms with van der Waals surface area (Å²) < 4.78 is 15.7. The first-order valence-corrected chi connectivity index (χ1v) is 6.97. The fraction of sp³-hybridized carbons (Fsp3) is 0.176. The van der Waals surface area contributed by atoms with E-state index in [0.29, 0.717) is 11.5 Å². The van der Waals surface area contributed by atoms with Gasteiger partial charge in [-0.3, -0.25) is 4.79 Å².